The minimum Gasteiger partial charge on any atom is -0.377 e. The zero-order valence-electron chi connectivity index (χ0n) is 15.6. The zero-order chi connectivity index (χ0) is 16.9. The van der Waals surface area contributed by atoms with Crippen LogP contribution in [0.25, 0.3) is 0 Å². The van der Waals surface area contributed by atoms with E-state index in [1.807, 2.05) is 0 Å². The number of carbonyl (C=O) groups is 1. The number of amides is 2. The van der Waals surface area contributed by atoms with E-state index in [0.29, 0.717) is 12.0 Å². The summed E-state index contributed by atoms with van der Waals surface area (Å²) in [5.41, 5.74) is 0.129. The van der Waals surface area contributed by atoms with Gasteiger partial charge in [-0.25, -0.2) is 4.79 Å². The molecule has 2 aliphatic rings. The number of nitrogens with zero attached hydrogens (tertiary/aromatic N) is 1. The van der Waals surface area contributed by atoms with Gasteiger partial charge < -0.3 is 15.0 Å². The van der Waals surface area contributed by atoms with Crippen LogP contribution in [0.5, 0.6) is 0 Å². The van der Waals surface area contributed by atoms with Crippen molar-refractivity contribution in [1.82, 2.24) is 10.2 Å². The molecule has 23 heavy (non-hydrogen) atoms. The van der Waals surface area contributed by atoms with E-state index in [-0.39, 0.29) is 17.6 Å². The summed E-state index contributed by atoms with van der Waals surface area (Å²) in [5, 5.41) is 3.22. The molecule has 4 heteroatoms. The summed E-state index contributed by atoms with van der Waals surface area (Å²) in [5.74, 6) is 0.430. The van der Waals surface area contributed by atoms with E-state index in [9.17, 15) is 4.79 Å². The molecule has 1 N–H and O–H groups in total. The van der Waals surface area contributed by atoms with Crippen LogP contribution >= 0.6 is 0 Å². The van der Waals surface area contributed by atoms with Gasteiger partial charge in [-0.05, 0) is 37.5 Å². The van der Waals surface area contributed by atoms with Gasteiger partial charge in [0, 0.05) is 31.7 Å². The van der Waals surface area contributed by atoms with Gasteiger partial charge in [-0.2, -0.15) is 0 Å². The molecule has 2 saturated heterocycles. The number of carbonyl (C=O) groups excluding carboxylic acids is 1. The molecule has 0 radical (unpaired) electrons. The van der Waals surface area contributed by atoms with Crippen LogP contribution in [0.4, 0.5) is 4.79 Å². The van der Waals surface area contributed by atoms with Crippen LogP contribution < -0.4 is 5.32 Å². The van der Waals surface area contributed by atoms with Crippen LogP contribution in [0.3, 0.4) is 0 Å². The van der Waals surface area contributed by atoms with E-state index in [4.69, 9.17) is 4.74 Å². The molecule has 2 aliphatic heterocycles. The Hall–Kier alpha value is -0.770. The lowest BCUT2D eigenvalue weighted by Gasteiger charge is -2.40. The van der Waals surface area contributed by atoms with E-state index in [2.05, 4.69) is 37.9 Å². The van der Waals surface area contributed by atoms with Crippen LogP contribution in [-0.2, 0) is 4.74 Å². The second-order valence-electron chi connectivity index (χ2n) is 8.35. The summed E-state index contributed by atoms with van der Waals surface area (Å²) in [4.78, 5) is 14.8. The Bertz CT molecular complexity index is 378. The third-order valence-electron chi connectivity index (χ3n) is 5.42. The molecule has 4 nitrogen and oxygen atoms in total. The van der Waals surface area contributed by atoms with Crippen molar-refractivity contribution in [3.63, 3.8) is 0 Å². The van der Waals surface area contributed by atoms with Crippen molar-refractivity contribution in [2.75, 3.05) is 19.7 Å². The molecule has 0 bridgehead atoms. The first-order valence-electron chi connectivity index (χ1n) is 9.59. The molecule has 0 aliphatic carbocycles. The SMILES string of the molecule is CC[C@@H]1CCCCCN1C(=O)NC[C@H]1CCCO[C@@H]1C(C)(C)C. The van der Waals surface area contributed by atoms with Gasteiger partial charge in [-0.15, -0.1) is 0 Å². The third kappa shape index (κ3) is 5.10. The summed E-state index contributed by atoms with van der Waals surface area (Å²) in [7, 11) is 0. The number of hydrogen-bond donors (Lipinski definition) is 1. The molecule has 2 amide bonds. The maximum atomic E-state index is 12.7. The largest absolute Gasteiger partial charge is 0.377 e. The van der Waals surface area contributed by atoms with E-state index in [0.717, 1.165) is 51.8 Å². The molecule has 0 aromatic rings. The van der Waals surface area contributed by atoms with Gasteiger partial charge in [0.2, 0.25) is 0 Å². The molecule has 0 aromatic carbocycles. The molecule has 0 unspecified atom stereocenters. The Morgan fingerprint density at radius 1 is 1.17 bits per heavy atom. The van der Waals surface area contributed by atoms with Crippen LogP contribution in [0.2, 0.25) is 0 Å². The molecule has 0 saturated carbocycles. The van der Waals surface area contributed by atoms with E-state index in [1.54, 1.807) is 0 Å². The molecule has 0 spiro atoms. The summed E-state index contributed by atoms with van der Waals surface area (Å²) in [6.07, 6.45) is 8.36. The number of ether oxygens (including phenoxy) is 1. The van der Waals surface area contributed by atoms with Gasteiger partial charge in [-0.1, -0.05) is 40.5 Å². The Morgan fingerprint density at radius 3 is 2.65 bits per heavy atom. The number of rotatable bonds is 3. The number of likely N-dealkylation sites (tertiary alicyclic amines) is 1. The van der Waals surface area contributed by atoms with Gasteiger partial charge in [0.15, 0.2) is 0 Å². The highest BCUT2D eigenvalue weighted by Gasteiger charge is 2.36. The van der Waals surface area contributed by atoms with Gasteiger partial charge in [-0.3, -0.25) is 0 Å². The topological polar surface area (TPSA) is 41.6 Å². The lowest BCUT2D eigenvalue weighted by Crippen LogP contribution is -2.50. The number of hydrogen-bond acceptors (Lipinski definition) is 2. The van der Waals surface area contributed by atoms with E-state index >= 15 is 0 Å². The molecule has 2 heterocycles. The summed E-state index contributed by atoms with van der Waals surface area (Å²) in [6, 6.07) is 0.551. The maximum Gasteiger partial charge on any atom is 0.317 e. The second-order valence-corrected chi connectivity index (χ2v) is 8.35. The highest BCUT2D eigenvalue weighted by Crippen LogP contribution is 2.33. The van der Waals surface area contributed by atoms with Gasteiger partial charge in [0.25, 0.3) is 0 Å². The normalized spacial score (nSPS) is 29.9. The highest BCUT2D eigenvalue weighted by molar-refractivity contribution is 5.74. The molecule has 0 aromatic heterocycles. The Labute approximate surface area is 142 Å². The van der Waals surface area contributed by atoms with Crippen LogP contribution in [0.1, 0.15) is 72.6 Å². The molecule has 134 valence electrons. The monoisotopic (exact) mass is 324 g/mol. The van der Waals surface area contributed by atoms with Gasteiger partial charge in [0.05, 0.1) is 6.10 Å². The lowest BCUT2D eigenvalue weighted by atomic mass is 9.78. The maximum absolute atomic E-state index is 12.7. The minimum absolute atomic E-state index is 0.129. The first kappa shape index (κ1) is 18.6. The predicted octanol–water partition coefficient (Wildman–Crippen LogP) is 4.19. The molecule has 3 atom stereocenters. The van der Waals surface area contributed by atoms with Crippen molar-refractivity contribution in [3.8, 4) is 0 Å². The van der Waals surface area contributed by atoms with E-state index in [1.165, 1.54) is 12.8 Å². The third-order valence-corrected chi connectivity index (χ3v) is 5.42. The highest BCUT2D eigenvalue weighted by atomic mass is 16.5. The average Bonchev–Trinajstić information content (AvgIpc) is 2.77. The lowest BCUT2D eigenvalue weighted by molar-refractivity contribution is -0.0839. The number of urea groups is 1. The standard InChI is InChI=1S/C19H36N2O2/c1-5-16-11-7-6-8-12-21(16)18(22)20-14-15-10-9-13-23-17(15)19(2,3)4/h15-17H,5-14H2,1-4H3,(H,20,22)/t15-,16-,17+/m1/s1. The van der Waals surface area contributed by atoms with Crippen molar-refractivity contribution in [2.24, 2.45) is 11.3 Å². The predicted molar refractivity (Wildman–Crippen MR) is 94.6 cm³/mol. The summed E-state index contributed by atoms with van der Waals surface area (Å²) >= 11 is 0. The fourth-order valence-corrected chi connectivity index (χ4v) is 4.20. The molecule has 2 fully saturated rings. The minimum atomic E-state index is 0.129. The number of nitrogens with one attached hydrogen (secondary N) is 1. The zero-order valence-corrected chi connectivity index (χ0v) is 15.6. The van der Waals surface area contributed by atoms with Crippen LogP contribution in [0.15, 0.2) is 0 Å². The van der Waals surface area contributed by atoms with Crippen LogP contribution in [-0.4, -0.2) is 42.8 Å². The fraction of sp³-hybridized carbons (Fsp3) is 0.947. The average molecular weight is 325 g/mol. The van der Waals surface area contributed by atoms with Crippen molar-refractivity contribution in [1.29, 1.82) is 0 Å². The van der Waals surface area contributed by atoms with Gasteiger partial charge >= 0.3 is 6.03 Å². The van der Waals surface area contributed by atoms with Crippen molar-refractivity contribution >= 4 is 6.03 Å². The Kier molecular flexibility index (Phi) is 6.75. The van der Waals surface area contributed by atoms with E-state index < -0.39 is 0 Å². The second kappa shape index (κ2) is 8.36. The van der Waals surface area contributed by atoms with Crippen LogP contribution in [0, 0.1) is 11.3 Å². The van der Waals surface area contributed by atoms with Crippen molar-refractivity contribution in [2.45, 2.75) is 84.8 Å². The summed E-state index contributed by atoms with van der Waals surface area (Å²) in [6.45, 7) is 11.4. The quantitative estimate of drug-likeness (QED) is 0.845. The first-order chi connectivity index (χ1) is 10.9. The molecular formula is C19H36N2O2. The Balaban J connectivity index is 1.91. The Morgan fingerprint density at radius 2 is 1.96 bits per heavy atom. The fourth-order valence-electron chi connectivity index (χ4n) is 4.20. The first-order valence-corrected chi connectivity index (χ1v) is 9.59. The smallest absolute Gasteiger partial charge is 0.317 e. The van der Waals surface area contributed by atoms with Gasteiger partial charge in [0.1, 0.15) is 0 Å². The van der Waals surface area contributed by atoms with Crippen molar-refractivity contribution in [3.05, 3.63) is 0 Å². The summed E-state index contributed by atoms with van der Waals surface area (Å²) < 4.78 is 6.03. The molecule has 2 rings (SSSR count). The van der Waals surface area contributed by atoms with Crippen molar-refractivity contribution < 1.29 is 9.53 Å². The molecular weight excluding hydrogens is 288 g/mol.